The topological polar surface area (TPSA) is 43.8 Å². The molecule has 1 heterocycles. The fourth-order valence-corrected chi connectivity index (χ4v) is 2.53. The Morgan fingerprint density at radius 1 is 1.45 bits per heavy atom. The summed E-state index contributed by atoms with van der Waals surface area (Å²) in [5.74, 6) is -0.974. The molecule has 0 saturated carbocycles. The molecule has 0 amide bonds. The van der Waals surface area contributed by atoms with Crippen LogP contribution in [0.25, 0.3) is 6.08 Å². The van der Waals surface area contributed by atoms with Crippen LogP contribution in [0.3, 0.4) is 0 Å². The maximum atomic E-state index is 10.5. The molecule has 0 bridgehead atoms. The van der Waals surface area contributed by atoms with Gasteiger partial charge in [-0.25, -0.2) is 4.79 Å². The molecule has 2 rings (SSSR count). The number of benzene rings is 1. The molecule has 1 aliphatic rings. The Bertz CT molecular complexity index is 531. The van der Waals surface area contributed by atoms with Gasteiger partial charge in [0, 0.05) is 42.5 Å². The highest BCUT2D eigenvalue weighted by molar-refractivity contribution is 6.32. The minimum atomic E-state index is -0.974. The van der Waals surface area contributed by atoms with Crippen molar-refractivity contribution in [3.8, 4) is 0 Å². The average molecular weight is 295 g/mol. The summed E-state index contributed by atoms with van der Waals surface area (Å²) in [4.78, 5) is 15.2. The predicted octanol–water partition coefficient (Wildman–Crippen LogP) is 2.58. The van der Waals surface area contributed by atoms with Gasteiger partial charge in [-0.1, -0.05) is 17.7 Å². The van der Waals surface area contributed by atoms with Crippen LogP contribution in [0.5, 0.6) is 0 Å². The fourth-order valence-electron chi connectivity index (χ4n) is 2.29. The highest BCUT2D eigenvalue weighted by Gasteiger charge is 2.21. The smallest absolute Gasteiger partial charge is 0.328 e. The van der Waals surface area contributed by atoms with Crippen molar-refractivity contribution in [2.45, 2.75) is 13.0 Å². The van der Waals surface area contributed by atoms with Crippen LogP contribution in [-0.2, 0) is 4.79 Å². The van der Waals surface area contributed by atoms with E-state index >= 15 is 0 Å². The van der Waals surface area contributed by atoms with Crippen LogP contribution >= 0.6 is 11.6 Å². The second-order valence-corrected chi connectivity index (χ2v) is 5.56. The van der Waals surface area contributed by atoms with Crippen LogP contribution < -0.4 is 4.90 Å². The maximum Gasteiger partial charge on any atom is 0.328 e. The molecule has 4 nitrogen and oxygen atoms in total. The molecule has 0 aliphatic carbocycles. The van der Waals surface area contributed by atoms with E-state index in [0.717, 1.165) is 37.0 Å². The molecule has 1 aliphatic heterocycles. The van der Waals surface area contributed by atoms with E-state index in [2.05, 4.69) is 23.8 Å². The van der Waals surface area contributed by atoms with Gasteiger partial charge in [0.1, 0.15) is 0 Å². The summed E-state index contributed by atoms with van der Waals surface area (Å²) in [5, 5.41) is 9.21. The standard InChI is InChI=1S/C15H19ClN2O2/c1-11-10-18(8-7-17(11)2)13-5-3-12(14(16)9-13)4-6-15(19)20/h3-6,9,11H,7-8,10H2,1-2H3,(H,19,20)/b6-4+. The Labute approximate surface area is 124 Å². The van der Waals surface area contributed by atoms with Gasteiger partial charge in [-0.2, -0.15) is 0 Å². The summed E-state index contributed by atoms with van der Waals surface area (Å²) in [6, 6.07) is 6.27. The zero-order valence-electron chi connectivity index (χ0n) is 11.7. The Hall–Kier alpha value is -1.52. The number of halogens is 1. The second-order valence-electron chi connectivity index (χ2n) is 5.15. The first-order chi connectivity index (χ1) is 9.47. The molecular weight excluding hydrogens is 276 g/mol. The number of hydrogen-bond donors (Lipinski definition) is 1. The lowest BCUT2D eigenvalue weighted by Gasteiger charge is -2.39. The molecule has 108 valence electrons. The van der Waals surface area contributed by atoms with Crippen LogP contribution in [0, 0.1) is 0 Å². The normalized spacial score (nSPS) is 20.6. The minimum absolute atomic E-state index is 0.508. The number of anilines is 1. The summed E-state index contributed by atoms with van der Waals surface area (Å²) < 4.78 is 0. The van der Waals surface area contributed by atoms with Gasteiger partial charge >= 0.3 is 5.97 Å². The molecule has 1 fully saturated rings. The lowest BCUT2D eigenvalue weighted by molar-refractivity contribution is -0.131. The van der Waals surface area contributed by atoms with Crippen LogP contribution in [0.1, 0.15) is 12.5 Å². The lowest BCUT2D eigenvalue weighted by Crippen LogP contribution is -2.50. The van der Waals surface area contributed by atoms with E-state index in [4.69, 9.17) is 16.7 Å². The van der Waals surface area contributed by atoms with Gasteiger partial charge in [-0.3, -0.25) is 0 Å². The first-order valence-corrected chi connectivity index (χ1v) is 7.01. The molecular formula is C15H19ClN2O2. The summed E-state index contributed by atoms with van der Waals surface area (Å²) in [6.45, 7) is 5.18. The van der Waals surface area contributed by atoms with E-state index in [1.165, 1.54) is 6.08 Å². The van der Waals surface area contributed by atoms with Crippen molar-refractivity contribution in [3.05, 3.63) is 34.9 Å². The third-order valence-corrected chi connectivity index (χ3v) is 4.04. The summed E-state index contributed by atoms with van der Waals surface area (Å²) in [7, 11) is 2.13. The van der Waals surface area contributed by atoms with Crippen molar-refractivity contribution in [1.82, 2.24) is 4.90 Å². The number of nitrogens with zero attached hydrogens (tertiary/aromatic N) is 2. The van der Waals surface area contributed by atoms with Crippen molar-refractivity contribution in [1.29, 1.82) is 0 Å². The zero-order chi connectivity index (χ0) is 14.7. The first-order valence-electron chi connectivity index (χ1n) is 6.63. The quantitative estimate of drug-likeness (QED) is 0.870. The Morgan fingerprint density at radius 3 is 2.80 bits per heavy atom. The van der Waals surface area contributed by atoms with Crippen molar-refractivity contribution < 1.29 is 9.90 Å². The van der Waals surface area contributed by atoms with Gasteiger partial charge in [-0.15, -0.1) is 0 Å². The van der Waals surface area contributed by atoms with E-state index in [0.29, 0.717) is 11.1 Å². The largest absolute Gasteiger partial charge is 0.478 e. The SMILES string of the molecule is CC1CN(c2ccc(/C=C/C(=O)O)c(Cl)c2)CCN1C. The molecule has 1 aromatic rings. The lowest BCUT2D eigenvalue weighted by atomic mass is 10.1. The number of hydrogen-bond acceptors (Lipinski definition) is 3. The summed E-state index contributed by atoms with van der Waals surface area (Å²) in [6.07, 6.45) is 2.61. The van der Waals surface area contributed by atoms with E-state index in [-0.39, 0.29) is 0 Å². The third kappa shape index (κ3) is 3.52. The summed E-state index contributed by atoms with van der Waals surface area (Å²) >= 11 is 6.22. The molecule has 5 heteroatoms. The molecule has 0 aromatic heterocycles. The highest BCUT2D eigenvalue weighted by atomic mass is 35.5. The van der Waals surface area contributed by atoms with Crippen molar-refractivity contribution >= 4 is 29.3 Å². The summed E-state index contributed by atoms with van der Waals surface area (Å²) in [5.41, 5.74) is 1.81. The van der Waals surface area contributed by atoms with Gasteiger partial charge in [0.15, 0.2) is 0 Å². The van der Waals surface area contributed by atoms with Crippen LogP contribution in [0.4, 0.5) is 5.69 Å². The second kappa shape index (κ2) is 6.29. The minimum Gasteiger partial charge on any atom is -0.478 e. The van der Waals surface area contributed by atoms with Crippen LogP contribution in [-0.4, -0.2) is 48.7 Å². The molecule has 1 aromatic carbocycles. The van der Waals surface area contributed by atoms with Gasteiger partial charge in [-0.05, 0) is 37.7 Å². The fraction of sp³-hybridized carbons (Fsp3) is 0.400. The van der Waals surface area contributed by atoms with Crippen LogP contribution in [0.15, 0.2) is 24.3 Å². The number of rotatable bonds is 3. The monoisotopic (exact) mass is 294 g/mol. The molecule has 1 N–H and O–H groups in total. The van der Waals surface area contributed by atoms with E-state index in [1.807, 2.05) is 18.2 Å². The number of likely N-dealkylation sites (N-methyl/N-ethyl adjacent to an activating group) is 1. The molecule has 0 spiro atoms. The molecule has 1 atom stereocenters. The maximum absolute atomic E-state index is 10.5. The molecule has 1 unspecified atom stereocenters. The number of carbonyl (C=O) groups is 1. The Kier molecular flexibility index (Phi) is 4.68. The highest BCUT2D eigenvalue weighted by Crippen LogP contribution is 2.26. The first kappa shape index (κ1) is 14.9. The van der Waals surface area contributed by atoms with Gasteiger partial charge in [0.25, 0.3) is 0 Å². The van der Waals surface area contributed by atoms with Crippen molar-refractivity contribution in [2.75, 3.05) is 31.6 Å². The Balaban J connectivity index is 2.15. The molecule has 20 heavy (non-hydrogen) atoms. The van der Waals surface area contributed by atoms with E-state index < -0.39 is 5.97 Å². The average Bonchev–Trinajstić information content (AvgIpc) is 2.40. The Morgan fingerprint density at radius 2 is 2.20 bits per heavy atom. The predicted molar refractivity (Wildman–Crippen MR) is 82.4 cm³/mol. The van der Waals surface area contributed by atoms with E-state index in [9.17, 15) is 4.79 Å². The number of aliphatic carboxylic acids is 1. The number of carboxylic acid groups (broad SMARTS) is 1. The van der Waals surface area contributed by atoms with Gasteiger partial charge < -0.3 is 14.9 Å². The number of carboxylic acids is 1. The van der Waals surface area contributed by atoms with E-state index in [1.54, 1.807) is 0 Å². The van der Waals surface area contributed by atoms with Crippen LogP contribution in [0.2, 0.25) is 5.02 Å². The van der Waals surface area contributed by atoms with Crippen molar-refractivity contribution in [2.24, 2.45) is 0 Å². The molecule has 1 saturated heterocycles. The van der Waals surface area contributed by atoms with Gasteiger partial charge in [0.2, 0.25) is 0 Å². The molecule has 0 radical (unpaired) electrons. The van der Waals surface area contributed by atoms with Crippen molar-refractivity contribution in [3.63, 3.8) is 0 Å². The number of piperazine rings is 1. The zero-order valence-corrected chi connectivity index (χ0v) is 12.5. The third-order valence-electron chi connectivity index (χ3n) is 3.71. The van der Waals surface area contributed by atoms with Gasteiger partial charge in [0.05, 0.1) is 0 Å².